The van der Waals surface area contributed by atoms with Crippen LogP contribution >= 0.6 is 0 Å². The molecule has 2 unspecified atom stereocenters. The number of halogens is 3. The van der Waals surface area contributed by atoms with Gasteiger partial charge >= 0.3 is 6.18 Å². The van der Waals surface area contributed by atoms with E-state index in [2.05, 4.69) is 20.6 Å². The van der Waals surface area contributed by atoms with Crippen molar-refractivity contribution < 1.29 is 27.5 Å². The van der Waals surface area contributed by atoms with Crippen LogP contribution in [0, 0.1) is 23.2 Å². The summed E-state index contributed by atoms with van der Waals surface area (Å²) in [4.78, 5) is 32.5. The van der Waals surface area contributed by atoms with Gasteiger partial charge in [0.25, 0.3) is 0 Å². The molecule has 0 saturated carbocycles. The van der Waals surface area contributed by atoms with Gasteiger partial charge in [-0.05, 0) is 18.1 Å². The van der Waals surface area contributed by atoms with Crippen molar-refractivity contribution in [2.24, 2.45) is 11.8 Å². The normalized spacial score (nSPS) is 21.8. The molecule has 36 heavy (non-hydrogen) atoms. The fourth-order valence-electron chi connectivity index (χ4n) is 4.22. The van der Waals surface area contributed by atoms with E-state index in [0.29, 0.717) is 31.7 Å². The second kappa shape index (κ2) is 12.3. The molecule has 3 N–H and O–H groups in total. The first-order valence-corrected chi connectivity index (χ1v) is 11.9. The van der Waals surface area contributed by atoms with Crippen molar-refractivity contribution in [1.29, 1.82) is 5.26 Å². The molecule has 198 valence electrons. The maximum absolute atomic E-state index is 13.4. The van der Waals surface area contributed by atoms with Gasteiger partial charge in [-0.25, -0.2) is 10.4 Å². The van der Waals surface area contributed by atoms with Gasteiger partial charge in [-0.2, -0.15) is 18.4 Å². The number of nitrogens with zero attached hydrogens (tertiary/aromatic N) is 4. The van der Waals surface area contributed by atoms with Gasteiger partial charge in [-0.15, -0.1) is 0 Å². The molecular weight excluding hydrogens is 479 g/mol. The quantitative estimate of drug-likeness (QED) is 0.417. The van der Waals surface area contributed by atoms with E-state index in [1.165, 1.54) is 6.20 Å². The summed E-state index contributed by atoms with van der Waals surface area (Å²) < 4.78 is 45.9. The second-order valence-electron chi connectivity index (χ2n) is 9.22. The van der Waals surface area contributed by atoms with Crippen LogP contribution in [0.15, 0.2) is 18.3 Å². The molecule has 1 aromatic rings. The van der Waals surface area contributed by atoms with Crippen molar-refractivity contribution >= 4 is 17.6 Å². The van der Waals surface area contributed by atoms with E-state index in [4.69, 9.17) is 10.00 Å². The standard InChI is InChI=1S/C23H32F3N7O3/c1-15(2)18(30-17-13-29-31-22(35)21(17)23(24,25)26)14-36-10-5-20(34)33-8-6-32(7-9-33)19-4-3-16(11-27)12-28-19/h3-4,12,15,17-18,21,29-30H,5-10,13-14H2,1-2H3,(H,31,35)/t17?,18-,21?/m1/s1. The van der Waals surface area contributed by atoms with Crippen LogP contribution < -0.4 is 21.1 Å². The minimum absolute atomic E-state index is 0.0523. The van der Waals surface area contributed by atoms with Crippen LogP contribution in [0.2, 0.25) is 0 Å². The van der Waals surface area contributed by atoms with Crippen LogP contribution in [0.1, 0.15) is 25.8 Å². The average molecular weight is 512 g/mol. The summed E-state index contributed by atoms with van der Waals surface area (Å²) in [6.07, 6.45) is -2.98. The number of carbonyl (C=O) groups excluding carboxylic acids is 2. The maximum atomic E-state index is 13.4. The highest BCUT2D eigenvalue weighted by Crippen LogP contribution is 2.30. The maximum Gasteiger partial charge on any atom is 0.402 e. The molecule has 13 heteroatoms. The number of amides is 2. The number of hydrogen-bond donors (Lipinski definition) is 3. The fourth-order valence-corrected chi connectivity index (χ4v) is 4.22. The van der Waals surface area contributed by atoms with E-state index in [9.17, 15) is 22.8 Å². The van der Waals surface area contributed by atoms with E-state index < -0.39 is 30.1 Å². The Morgan fingerprint density at radius 3 is 2.61 bits per heavy atom. The molecule has 2 fully saturated rings. The van der Waals surface area contributed by atoms with Gasteiger partial charge in [0, 0.05) is 51.0 Å². The van der Waals surface area contributed by atoms with Gasteiger partial charge in [0.2, 0.25) is 11.8 Å². The Hall–Kier alpha value is -2.95. The predicted molar refractivity (Wildman–Crippen MR) is 124 cm³/mol. The molecule has 10 nitrogen and oxygen atoms in total. The molecule has 3 heterocycles. The number of rotatable bonds is 9. The minimum atomic E-state index is -4.67. The number of alkyl halides is 3. The molecule has 0 radical (unpaired) electrons. The van der Waals surface area contributed by atoms with E-state index >= 15 is 0 Å². The molecule has 3 atom stereocenters. The Morgan fingerprint density at radius 1 is 1.31 bits per heavy atom. The zero-order valence-corrected chi connectivity index (χ0v) is 20.3. The Bertz CT molecular complexity index is 928. The molecule has 1 aromatic heterocycles. The van der Waals surface area contributed by atoms with E-state index in [1.807, 2.05) is 25.3 Å². The first kappa shape index (κ1) is 27.6. The summed E-state index contributed by atoms with van der Waals surface area (Å²) in [5, 5.41) is 11.8. The molecule has 0 aromatic carbocycles. The number of piperazine rings is 1. The lowest BCUT2D eigenvalue weighted by molar-refractivity contribution is -0.193. The fraction of sp³-hybridized carbons (Fsp3) is 0.652. The molecule has 0 spiro atoms. The number of nitriles is 1. The number of nitrogens with one attached hydrogen (secondary N) is 3. The highest BCUT2D eigenvalue weighted by atomic mass is 19.4. The van der Waals surface area contributed by atoms with Crippen LogP contribution in [0.4, 0.5) is 19.0 Å². The third-order valence-corrected chi connectivity index (χ3v) is 6.39. The van der Waals surface area contributed by atoms with E-state index in [-0.39, 0.29) is 38.0 Å². The first-order chi connectivity index (χ1) is 17.1. The third-order valence-electron chi connectivity index (χ3n) is 6.39. The SMILES string of the molecule is CC(C)[C@@H](COCCC(=O)N1CCN(c2ccc(C#N)cn2)CC1)NC1CNNC(=O)C1C(F)(F)F. The predicted octanol–water partition coefficient (Wildman–Crippen LogP) is 0.804. The lowest BCUT2D eigenvalue weighted by Gasteiger charge is -2.37. The lowest BCUT2D eigenvalue weighted by atomic mass is 9.94. The molecule has 3 rings (SSSR count). The van der Waals surface area contributed by atoms with Gasteiger partial charge < -0.3 is 19.9 Å². The van der Waals surface area contributed by atoms with Crippen molar-refractivity contribution in [3.8, 4) is 6.07 Å². The van der Waals surface area contributed by atoms with Gasteiger partial charge in [0.1, 0.15) is 11.9 Å². The summed E-state index contributed by atoms with van der Waals surface area (Å²) in [6, 6.07) is 3.98. The largest absolute Gasteiger partial charge is 0.402 e. The van der Waals surface area contributed by atoms with Crippen molar-refractivity contribution in [3.05, 3.63) is 23.9 Å². The number of ether oxygens (including phenoxy) is 1. The van der Waals surface area contributed by atoms with Crippen molar-refractivity contribution in [1.82, 2.24) is 26.1 Å². The molecular formula is C23H32F3N7O3. The highest BCUT2D eigenvalue weighted by Gasteiger charge is 2.51. The lowest BCUT2D eigenvalue weighted by Crippen LogP contribution is -2.65. The molecule has 2 saturated heterocycles. The summed E-state index contributed by atoms with van der Waals surface area (Å²) >= 11 is 0. The van der Waals surface area contributed by atoms with Crippen molar-refractivity contribution in [2.75, 3.05) is 50.8 Å². The number of hydrogen-bond acceptors (Lipinski definition) is 8. The van der Waals surface area contributed by atoms with E-state index in [1.54, 1.807) is 17.0 Å². The minimum Gasteiger partial charge on any atom is -0.379 e. The van der Waals surface area contributed by atoms with Crippen LogP contribution in [-0.4, -0.2) is 85.9 Å². The van der Waals surface area contributed by atoms with Crippen molar-refractivity contribution in [3.63, 3.8) is 0 Å². The van der Waals surface area contributed by atoms with Crippen LogP contribution in [0.3, 0.4) is 0 Å². The van der Waals surface area contributed by atoms with Crippen LogP contribution in [-0.2, 0) is 14.3 Å². The Morgan fingerprint density at radius 2 is 2.03 bits per heavy atom. The van der Waals surface area contributed by atoms with Crippen LogP contribution in [0.25, 0.3) is 0 Å². The topological polar surface area (TPSA) is 123 Å². The van der Waals surface area contributed by atoms with E-state index in [0.717, 1.165) is 5.82 Å². The molecule has 2 amide bonds. The summed E-state index contributed by atoms with van der Waals surface area (Å²) in [5.74, 6) is -2.62. The van der Waals surface area contributed by atoms with Gasteiger partial charge in [0.15, 0.2) is 5.92 Å². The Labute approximate surface area is 208 Å². The number of pyridine rings is 1. The van der Waals surface area contributed by atoms with Crippen LogP contribution in [0.5, 0.6) is 0 Å². The third kappa shape index (κ3) is 7.28. The number of anilines is 1. The molecule has 2 aliphatic heterocycles. The van der Waals surface area contributed by atoms with Gasteiger partial charge in [0.05, 0.1) is 25.2 Å². The highest BCUT2D eigenvalue weighted by molar-refractivity contribution is 5.80. The Kier molecular flexibility index (Phi) is 9.47. The van der Waals surface area contributed by atoms with Crippen molar-refractivity contribution in [2.45, 2.75) is 38.5 Å². The smallest absolute Gasteiger partial charge is 0.379 e. The number of carbonyl (C=O) groups is 2. The van der Waals surface area contributed by atoms with Gasteiger partial charge in [-0.1, -0.05) is 13.8 Å². The zero-order chi connectivity index (χ0) is 26.3. The Balaban J connectivity index is 1.42. The molecule has 2 aliphatic rings. The monoisotopic (exact) mass is 511 g/mol. The number of aromatic nitrogens is 1. The first-order valence-electron chi connectivity index (χ1n) is 11.9. The summed E-state index contributed by atoms with van der Waals surface area (Å²) in [5.41, 5.74) is 5.03. The zero-order valence-electron chi connectivity index (χ0n) is 20.3. The number of hydrazine groups is 1. The molecule has 0 bridgehead atoms. The summed E-state index contributed by atoms with van der Waals surface area (Å²) in [6.45, 7) is 6.21. The van der Waals surface area contributed by atoms with Gasteiger partial charge in [-0.3, -0.25) is 15.0 Å². The second-order valence-corrected chi connectivity index (χ2v) is 9.22. The average Bonchev–Trinajstić information content (AvgIpc) is 2.85. The molecule has 0 aliphatic carbocycles. The summed E-state index contributed by atoms with van der Waals surface area (Å²) in [7, 11) is 0.